The average Bonchev–Trinajstić information content (AvgIpc) is 3.26. The van der Waals surface area contributed by atoms with Gasteiger partial charge in [0.15, 0.2) is 5.16 Å². The summed E-state index contributed by atoms with van der Waals surface area (Å²) in [5, 5.41) is 2.20. The Morgan fingerprint density at radius 1 is 1.27 bits per heavy atom. The Labute approximate surface area is 154 Å². The van der Waals surface area contributed by atoms with Crippen molar-refractivity contribution in [2.75, 3.05) is 0 Å². The zero-order valence-corrected chi connectivity index (χ0v) is 14.9. The van der Waals surface area contributed by atoms with Gasteiger partial charge in [0.25, 0.3) is 0 Å². The van der Waals surface area contributed by atoms with Crippen molar-refractivity contribution in [1.82, 2.24) is 14.9 Å². The van der Waals surface area contributed by atoms with Crippen molar-refractivity contribution in [2.45, 2.75) is 23.9 Å². The van der Waals surface area contributed by atoms with E-state index in [1.54, 1.807) is 19.4 Å². The van der Waals surface area contributed by atoms with Crippen LogP contribution in [0.15, 0.2) is 64.5 Å². The molecule has 26 heavy (non-hydrogen) atoms. The van der Waals surface area contributed by atoms with Gasteiger partial charge in [-0.1, -0.05) is 42.1 Å². The molecule has 0 saturated heterocycles. The number of nitrogens with two attached hydrogens (primary N) is 1. The number of furan rings is 1. The van der Waals surface area contributed by atoms with Crippen LogP contribution in [0.4, 0.5) is 4.79 Å². The molecule has 1 atom stereocenters. The number of urea groups is 1. The maximum atomic E-state index is 12.0. The SMILES string of the molecule is C[C@H](Sc1ncc(-c2ccccc2)n1Cc1ccco1)C(=O)NC(N)=O. The van der Waals surface area contributed by atoms with E-state index in [0.29, 0.717) is 11.7 Å². The fourth-order valence-corrected chi connectivity index (χ4v) is 3.32. The van der Waals surface area contributed by atoms with E-state index >= 15 is 0 Å². The standard InChI is InChI=1S/C18H18N4O3S/c1-12(16(23)21-17(19)24)26-18-20-10-15(13-6-3-2-4-7-13)22(18)11-14-8-5-9-25-14/h2-10,12H,11H2,1H3,(H3,19,21,23,24)/t12-/m0/s1. The van der Waals surface area contributed by atoms with Gasteiger partial charge in [0.2, 0.25) is 5.91 Å². The molecule has 0 spiro atoms. The van der Waals surface area contributed by atoms with Crippen molar-refractivity contribution in [3.8, 4) is 11.3 Å². The molecular formula is C18H18N4O3S. The highest BCUT2D eigenvalue weighted by atomic mass is 32.2. The smallest absolute Gasteiger partial charge is 0.318 e. The summed E-state index contributed by atoms with van der Waals surface area (Å²) in [4.78, 5) is 27.3. The van der Waals surface area contributed by atoms with Gasteiger partial charge in [-0.25, -0.2) is 9.78 Å². The number of thioether (sulfide) groups is 1. The minimum Gasteiger partial charge on any atom is -0.467 e. The summed E-state index contributed by atoms with van der Waals surface area (Å²) in [5.41, 5.74) is 6.93. The topological polar surface area (TPSA) is 103 Å². The summed E-state index contributed by atoms with van der Waals surface area (Å²) in [5.74, 6) is 0.313. The number of carbonyl (C=O) groups is 2. The first-order chi connectivity index (χ1) is 12.5. The summed E-state index contributed by atoms with van der Waals surface area (Å²) in [6.07, 6.45) is 3.38. The van der Waals surface area contributed by atoms with Crippen LogP contribution in [0.3, 0.4) is 0 Å². The second kappa shape index (κ2) is 7.92. The number of carbonyl (C=O) groups excluding carboxylic acids is 2. The van der Waals surface area contributed by atoms with Crippen molar-refractivity contribution < 1.29 is 14.0 Å². The van der Waals surface area contributed by atoms with Gasteiger partial charge in [0.1, 0.15) is 5.76 Å². The Balaban J connectivity index is 1.91. The zero-order valence-electron chi connectivity index (χ0n) is 14.1. The van der Waals surface area contributed by atoms with E-state index in [1.165, 1.54) is 11.8 Å². The van der Waals surface area contributed by atoms with Gasteiger partial charge >= 0.3 is 6.03 Å². The predicted octanol–water partition coefficient (Wildman–Crippen LogP) is 2.87. The lowest BCUT2D eigenvalue weighted by Gasteiger charge is -2.13. The molecule has 3 rings (SSSR count). The van der Waals surface area contributed by atoms with Gasteiger partial charge < -0.3 is 14.7 Å². The van der Waals surface area contributed by atoms with E-state index in [-0.39, 0.29) is 0 Å². The number of amides is 3. The molecule has 3 N–H and O–H groups in total. The lowest BCUT2D eigenvalue weighted by atomic mass is 10.2. The molecule has 3 aromatic rings. The lowest BCUT2D eigenvalue weighted by molar-refractivity contribution is -0.119. The van der Waals surface area contributed by atoms with Crippen LogP contribution in [0, 0.1) is 0 Å². The Bertz CT molecular complexity index is 891. The molecule has 0 fully saturated rings. The van der Waals surface area contributed by atoms with E-state index < -0.39 is 17.2 Å². The van der Waals surface area contributed by atoms with Crippen LogP contribution in [0.1, 0.15) is 12.7 Å². The minimum atomic E-state index is -0.869. The van der Waals surface area contributed by atoms with E-state index in [1.807, 2.05) is 47.0 Å². The Hall–Kier alpha value is -3.00. The number of benzene rings is 1. The molecule has 2 aromatic heterocycles. The number of hydrogen-bond acceptors (Lipinski definition) is 5. The van der Waals surface area contributed by atoms with Crippen molar-refractivity contribution in [2.24, 2.45) is 5.73 Å². The molecule has 8 heteroatoms. The van der Waals surface area contributed by atoms with Gasteiger partial charge in [-0.05, 0) is 24.6 Å². The number of primary amides is 1. The molecule has 0 aliphatic rings. The molecule has 0 radical (unpaired) electrons. The third-order valence-corrected chi connectivity index (χ3v) is 4.78. The Morgan fingerprint density at radius 2 is 2.04 bits per heavy atom. The van der Waals surface area contributed by atoms with Crippen molar-refractivity contribution >= 4 is 23.7 Å². The zero-order chi connectivity index (χ0) is 18.5. The number of imidazole rings is 1. The Morgan fingerprint density at radius 3 is 2.69 bits per heavy atom. The largest absolute Gasteiger partial charge is 0.467 e. The van der Waals surface area contributed by atoms with Crippen LogP contribution in [-0.4, -0.2) is 26.7 Å². The number of hydrogen-bond donors (Lipinski definition) is 2. The maximum Gasteiger partial charge on any atom is 0.318 e. The number of aromatic nitrogens is 2. The van der Waals surface area contributed by atoms with E-state index in [0.717, 1.165) is 17.0 Å². The van der Waals surface area contributed by atoms with Crippen LogP contribution in [0.5, 0.6) is 0 Å². The monoisotopic (exact) mass is 370 g/mol. The highest BCUT2D eigenvalue weighted by Gasteiger charge is 2.21. The molecule has 0 saturated carbocycles. The maximum absolute atomic E-state index is 12.0. The lowest BCUT2D eigenvalue weighted by Crippen LogP contribution is -2.39. The van der Waals surface area contributed by atoms with Gasteiger partial charge in [-0.15, -0.1) is 0 Å². The molecule has 0 aliphatic carbocycles. The molecule has 1 aromatic carbocycles. The normalized spacial score (nSPS) is 11.9. The summed E-state index contributed by atoms with van der Waals surface area (Å²) in [6.45, 7) is 2.17. The number of nitrogens with zero attached hydrogens (tertiary/aromatic N) is 2. The predicted molar refractivity (Wildman–Crippen MR) is 98.5 cm³/mol. The first-order valence-electron chi connectivity index (χ1n) is 7.95. The van der Waals surface area contributed by atoms with Crippen molar-refractivity contribution in [3.05, 3.63) is 60.7 Å². The summed E-state index contributed by atoms with van der Waals surface area (Å²) < 4.78 is 7.44. The third kappa shape index (κ3) is 4.15. The summed E-state index contributed by atoms with van der Waals surface area (Å²) in [7, 11) is 0. The van der Waals surface area contributed by atoms with E-state index in [2.05, 4.69) is 10.3 Å². The molecular weight excluding hydrogens is 352 g/mol. The van der Waals surface area contributed by atoms with Crippen molar-refractivity contribution in [3.63, 3.8) is 0 Å². The minimum absolute atomic E-state index is 0.462. The summed E-state index contributed by atoms with van der Waals surface area (Å²) in [6, 6.07) is 12.7. The highest BCUT2D eigenvalue weighted by Crippen LogP contribution is 2.29. The molecule has 7 nitrogen and oxygen atoms in total. The summed E-state index contributed by atoms with van der Waals surface area (Å²) >= 11 is 1.25. The van der Waals surface area contributed by atoms with Crippen molar-refractivity contribution in [1.29, 1.82) is 0 Å². The molecule has 0 bridgehead atoms. The number of nitrogens with one attached hydrogen (secondary N) is 1. The molecule has 0 unspecified atom stereocenters. The van der Waals surface area contributed by atoms with Crippen LogP contribution in [0.25, 0.3) is 11.3 Å². The molecule has 0 aliphatic heterocycles. The quantitative estimate of drug-likeness (QED) is 0.650. The van der Waals surface area contributed by atoms with Crippen LogP contribution in [0.2, 0.25) is 0 Å². The van der Waals surface area contributed by atoms with Crippen LogP contribution >= 0.6 is 11.8 Å². The first-order valence-corrected chi connectivity index (χ1v) is 8.83. The second-order valence-corrected chi connectivity index (χ2v) is 6.88. The van der Waals surface area contributed by atoms with Gasteiger partial charge in [0.05, 0.1) is 29.9 Å². The third-order valence-electron chi connectivity index (χ3n) is 3.68. The molecule has 2 heterocycles. The van der Waals surface area contributed by atoms with Gasteiger partial charge in [-0.3, -0.25) is 10.1 Å². The van der Waals surface area contributed by atoms with E-state index in [4.69, 9.17) is 10.2 Å². The average molecular weight is 370 g/mol. The number of rotatable bonds is 6. The van der Waals surface area contributed by atoms with Crippen LogP contribution in [-0.2, 0) is 11.3 Å². The van der Waals surface area contributed by atoms with Gasteiger partial charge in [-0.2, -0.15) is 0 Å². The fraction of sp³-hybridized carbons (Fsp3) is 0.167. The molecule has 3 amide bonds. The highest BCUT2D eigenvalue weighted by molar-refractivity contribution is 8.00. The van der Waals surface area contributed by atoms with Crippen LogP contribution < -0.4 is 11.1 Å². The first kappa shape index (κ1) is 17.8. The molecule has 134 valence electrons. The van der Waals surface area contributed by atoms with Gasteiger partial charge in [0, 0.05) is 0 Å². The number of imide groups is 1. The fourth-order valence-electron chi connectivity index (χ4n) is 2.44. The van der Waals surface area contributed by atoms with E-state index in [9.17, 15) is 9.59 Å². The second-order valence-electron chi connectivity index (χ2n) is 5.57. The Kier molecular flexibility index (Phi) is 5.43.